The Morgan fingerprint density at radius 1 is 1.30 bits per heavy atom. The number of phenols is 1. The summed E-state index contributed by atoms with van der Waals surface area (Å²) in [6.45, 7) is 2.16. The number of hydrogen-bond donors (Lipinski definition) is 1. The molecule has 1 N–H and O–H groups in total. The number of hydrogen-bond acceptors (Lipinski definition) is 4. The number of para-hydroxylation sites is 1. The Hall–Kier alpha value is -2.49. The summed E-state index contributed by atoms with van der Waals surface area (Å²) in [6.07, 6.45) is 0. The maximum Gasteiger partial charge on any atom is 0.341 e. The van der Waals surface area contributed by atoms with Gasteiger partial charge in [-0.25, -0.2) is 4.79 Å². The maximum absolute atomic E-state index is 11.8. The minimum absolute atomic E-state index is 0.0430. The van der Waals surface area contributed by atoms with Crippen LogP contribution in [0.25, 0.3) is 11.1 Å². The maximum atomic E-state index is 11.8. The van der Waals surface area contributed by atoms with Gasteiger partial charge in [-0.05, 0) is 30.2 Å². The van der Waals surface area contributed by atoms with Crippen LogP contribution in [0.4, 0.5) is 0 Å². The number of methoxy groups -OCH3 is 1. The molecular weight excluding hydrogens is 256 g/mol. The normalized spacial score (nSPS) is 12.1. The molecule has 0 bridgehead atoms. The third-order valence-corrected chi connectivity index (χ3v) is 3.63. The van der Waals surface area contributed by atoms with Crippen LogP contribution in [0, 0.1) is 6.92 Å². The second-order valence-corrected chi connectivity index (χ2v) is 4.70. The van der Waals surface area contributed by atoms with Gasteiger partial charge in [-0.15, -0.1) is 0 Å². The van der Waals surface area contributed by atoms with E-state index in [-0.39, 0.29) is 11.3 Å². The van der Waals surface area contributed by atoms with Crippen molar-refractivity contribution in [3.8, 4) is 22.6 Å². The van der Waals surface area contributed by atoms with E-state index in [2.05, 4.69) is 0 Å². The van der Waals surface area contributed by atoms with E-state index in [9.17, 15) is 9.90 Å². The Kier molecular flexibility index (Phi) is 2.86. The first-order valence-electron chi connectivity index (χ1n) is 6.29. The number of ether oxygens (including phenoxy) is 2. The van der Waals surface area contributed by atoms with Crippen LogP contribution >= 0.6 is 0 Å². The Morgan fingerprint density at radius 2 is 2.05 bits per heavy atom. The quantitative estimate of drug-likeness (QED) is 0.809. The number of fused-ring (bicyclic) bond motifs is 3. The molecule has 0 amide bonds. The number of aromatic hydroxyl groups is 1. The van der Waals surface area contributed by atoms with Crippen molar-refractivity contribution in [1.29, 1.82) is 0 Å². The monoisotopic (exact) mass is 270 g/mol. The number of carbonyl (C=O) groups is 1. The third-order valence-electron chi connectivity index (χ3n) is 3.63. The van der Waals surface area contributed by atoms with Gasteiger partial charge in [0.25, 0.3) is 0 Å². The van der Waals surface area contributed by atoms with Crippen LogP contribution in [0.5, 0.6) is 11.5 Å². The molecule has 0 spiro atoms. The highest BCUT2D eigenvalue weighted by molar-refractivity contribution is 5.96. The molecule has 1 aliphatic rings. The molecule has 0 saturated heterocycles. The van der Waals surface area contributed by atoms with Gasteiger partial charge in [0.2, 0.25) is 0 Å². The van der Waals surface area contributed by atoms with Crippen LogP contribution in [0.1, 0.15) is 21.5 Å². The number of carbonyl (C=O) groups excluding carboxylic acids is 1. The van der Waals surface area contributed by atoms with Gasteiger partial charge in [0.05, 0.1) is 7.11 Å². The van der Waals surface area contributed by atoms with Gasteiger partial charge in [-0.2, -0.15) is 0 Å². The van der Waals surface area contributed by atoms with E-state index in [1.54, 1.807) is 13.0 Å². The van der Waals surface area contributed by atoms with Gasteiger partial charge in [0.1, 0.15) is 23.7 Å². The third kappa shape index (κ3) is 1.72. The molecule has 102 valence electrons. The molecular formula is C16H14O4. The van der Waals surface area contributed by atoms with Crippen molar-refractivity contribution in [2.24, 2.45) is 0 Å². The van der Waals surface area contributed by atoms with Crippen LogP contribution in [-0.4, -0.2) is 18.2 Å². The van der Waals surface area contributed by atoms with Crippen LogP contribution in [0.3, 0.4) is 0 Å². The molecule has 0 unspecified atom stereocenters. The molecule has 0 aliphatic carbocycles. The molecule has 2 aromatic rings. The summed E-state index contributed by atoms with van der Waals surface area (Å²) in [6, 6.07) is 9.31. The van der Waals surface area contributed by atoms with Crippen molar-refractivity contribution in [1.82, 2.24) is 0 Å². The topological polar surface area (TPSA) is 55.8 Å². The van der Waals surface area contributed by atoms with Crippen LogP contribution in [-0.2, 0) is 11.3 Å². The summed E-state index contributed by atoms with van der Waals surface area (Å²) in [4.78, 5) is 11.8. The van der Waals surface area contributed by atoms with Crippen LogP contribution in [0.15, 0.2) is 30.3 Å². The van der Waals surface area contributed by atoms with Gasteiger partial charge < -0.3 is 14.6 Å². The predicted octanol–water partition coefficient (Wildman–Crippen LogP) is 3.05. The number of rotatable bonds is 1. The fraction of sp³-hybridized carbons (Fsp3) is 0.188. The smallest absolute Gasteiger partial charge is 0.341 e. The molecule has 1 heterocycles. The standard InChI is InChI=1S/C16H14O4/c1-9-13-8-20-14-6-4-3-5-10(14)11(13)7-12(15(9)17)16(18)19-2/h3-7,17H,8H2,1-2H3. The van der Waals surface area contributed by atoms with E-state index >= 15 is 0 Å². The summed E-state index contributed by atoms with van der Waals surface area (Å²) in [5, 5.41) is 10.1. The van der Waals surface area contributed by atoms with Crippen molar-refractivity contribution < 1.29 is 19.4 Å². The molecule has 0 saturated carbocycles. The second-order valence-electron chi connectivity index (χ2n) is 4.70. The first kappa shape index (κ1) is 12.5. The van der Waals surface area contributed by atoms with Crippen molar-refractivity contribution in [3.63, 3.8) is 0 Å². The Bertz CT molecular complexity index is 704. The number of phenolic OH excluding ortho intramolecular Hbond substituents is 1. The lowest BCUT2D eigenvalue weighted by Gasteiger charge is -2.23. The fourth-order valence-electron chi connectivity index (χ4n) is 2.50. The number of benzene rings is 2. The van der Waals surface area contributed by atoms with Crippen LogP contribution < -0.4 is 4.74 Å². The molecule has 1 aliphatic heterocycles. The van der Waals surface area contributed by atoms with Crippen molar-refractivity contribution >= 4 is 5.97 Å². The molecule has 4 nitrogen and oxygen atoms in total. The lowest BCUT2D eigenvalue weighted by Crippen LogP contribution is -2.11. The summed E-state index contributed by atoms with van der Waals surface area (Å²) in [5.41, 5.74) is 3.55. The molecule has 0 fully saturated rings. The van der Waals surface area contributed by atoms with E-state index in [4.69, 9.17) is 9.47 Å². The molecule has 3 rings (SSSR count). The van der Waals surface area contributed by atoms with Crippen molar-refractivity contribution in [2.45, 2.75) is 13.5 Å². The van der Waals surface area contributed by atoms with Gasteiger partial charge in [-0.3, -0.25) is 0 Å². The zero-order chi connectivity index (χ0) is 14.3. The largest absolute Gasteiger partial charge is 0.507 e. The minimum atomic E-state index is -0.544. The molecule has 0 atom stereocenters. The average Bonchev–Trinajstić information content (AvgIpc) is 2.49. The Labute approximate surface area is 116 Å². The lowest BCUT2D eigenvalue weighted by atomic mass is 9.91. The first-order valence-corrected chi connectivity index (χ1v) is 6.29. The lowest BCUT2D eigenvalue weighted by molar-refractivity contribution is 0.0597. The molecule has 4 heteroatoms. The van der Waals surface area contributed by atoms with E-state index in [1.807, 2.05) is 24.3 Å². The second kappa shape index (κ2) is 4.56. The SMILES string of the molecule is COC(=O)c1cc2c(c(C)c1O)COc1ccccc1-2. The molecule has 0 aromatic heterocycles. The van der Waals surface area contributed by atoms with Gasteiger partial charge in [-0.1, -0.05) is 18.2 Å². The summed E-state index contributed by atoms with van der Waals surface area (Å²) in [5.74, 6) is 0.192. The summed E-state index contributed by atoms with van der Waals surface area (Å²) in [7, 11) is 1.30. The highest BCUT2D eigenvalue weighted by Gasteiger charge is 2.24. The average molecular weight is 270 g/mol. The summed E-state index contributed by atoms with van der Waals surface area (Å²) >= 11 is 0. The van der Waals surface area contributed by atoms with Gasteiger partial charge >= 0.3 is 5.97 Å². The predicted molar refractivity (Wildman–Crippen MR) is 74.0 cm³/mol. The molecule has 2 aromatic carbocycles. The zero-order valence-corrected chi connectivity index (χ0v) is 11.3. The fourth-order valence-corrected chi connectivity index (χ4v) is 2.50. The molecule has 20 heavy (non-hydrogen) atoms. The number of esters is 1. The minimum Gasteiger partial charge on any atom is -0.507 e. The van der Waals surface area contributed by atoms with E-state index in [0.29, 0.717) is 12.2 Å². The first-order chi connectivity index (χ1) is 9.63. The molecule has 0 radical (unpaired) electrons. The summed E-state index contributed by atoms with van der Waals surface area (Å²) < 4.78 is 10.4. The highest BCUT2D eigenvalue weighted by Crippen LogP contribution is 2.42. The van der Waals surface area contributed by atoms with E-state index in [1.165, 1.54) is 7.11 Å². The van der Waals surface area contributed by atoms with E-state index < -0.39 is 5.97 Å². The van der Waals surface area contributed by atoms with Gasteiger partial charge in [0, 0.05) is 11.1 Å². The van der Waals surface area contributed by atoms with Crippen molar-refractivity contribution in [3.05, 3.63) is 47.0 Å². The Balaban J connectivity index is 2.29. The van der Waals surface area contributed by atoms with Crippen molar-refractivity contribution in [2.75, 3.05) is 7.11 Å². The van der Waals surface area contributed by atoms with Crippen LogP contribution in [0.2, 0.25) is 0 Å². The van der Waals surface area contributed by atoms with Gasteiger partial charge in [0.15, 0.2) is 0 Å². The Morgan fingerprint density at radius 3 is 2.80 bits per heavy atom. The highest BCUT2D eigenvalue weighted by atomic mass is 16.5. The van der Waals surface area contributed by atoms with E-state index in [0.717, 1.165) is 22.4 Å². The zero-order valence-electron chi connectivity index (χ0n) is 11.3.